The second kappa shape index (κ2) is 9.13. The Morgan fingerprint density at radius 1 is 0.724 bits per heavy atom. The number of ether oxygens (including phenoxy) is 1. The molecule has 0 saturated carbocycles. The quantitative estimate of drug-likeness (QED) is 0.341. The van der Waals surface area contributed by atoms with Gasteiger partial charge < -0.3 is 4.74 Å². The number of hydrogen-bond acceptors (Lipinski definition) is 2. The molecule has 0 atom stereocenters. The number of rotatable bonds is 7. The Bertz CT molecular complexity index is 1070. The van der Waals surface area contributed by atoms with Crippen molar-refractivity contribution in [1.82, 2.24) is 4.90 Å². The average molecular weight is 402 g/mol. The van der Waals surface area contributed by atoms with E-state index in [1.54, 1.807) is 0 Å². The molecule has 3 heteroatoms. The fourth-order valence-electron chi connectivity index (χ4n) is 3.53. The monoisotopic (exact) mass is 401 g/mol. The predicted molar refractivity (Wildman–Crippen MR) is 121 cm³/mol. The number of nitrogens with zero attached hydrogens (tertiary/aromatic N) is 1. The van der Waals surface area contributed by atoms with Crippen LogP contribution in [0.1, 0.15) is 16.7 Å². The van der Waals surface area contributed by atoms with E-state index in [1.165, 1.54) is 21.9 Å². The van der Waals surface area contributed by atoms with Crippen molar-refractivity contribution in [2.45, 2.75) is 19.7 Å². The van der Waals surface area contributed by atoms with E-state index in [2.05, 4.69) is 66.5 Å². The standard InChI is InChI=1S/C26H24ClNO/c1-28(18-23-7-4-6-22-5-2-3-8-26(22)23)17-20-11-15-25(16-12-20)29-19-21-9-13-24(27)14-10-21/h2-16H,17-19H2,1H3. The van der Waals surface area contributed by atoms with Gasteiger partial charge in [0.1, 0.15) is 12.4 Å². The lowest BCUT2D eigenvalue weighted by atomic mass is 10.0. The van der Waals surface area contributed by atoms with Gasteiger partial charge in [0.05, 0.1) is 0 Å². The zero-order chi connectivity index (χ0) is 20.1. The van der Waals surface area contributed by atoms with Crippen molar-refractivity contribution >= 4 is 22.4 Å². The number of fused-ring (bicyclic) bond motifs is 1. The first-order chi connectivity index (χ1) is 14.2. The maximum Gasteiger partial charge on any atom is 0.119 e. The molecule has 4 rings (SSSR count). The molecule has 29 heavy (non-hydrogen) atoms. The van der Waals surface area contributed by atoms with Crippen molar-refractivity contribution in [1.29, 1.82) is 0 Å². The highest BCUT2D eigenvalue weighted by Crippen LogP contribution is 2.21. The lowest BCUT2D eigenvalue weighted by molar-refractivity contribution is 0.304. The molecular formula is C26H24ClNO. The van der Waals surface area contributed by atoms with E-state index >= 15 is 0 Å². The summed E-state index contributed by atoms with van der Waals surface area (Å²) < 4.78 is 5.88. The summed E-state index contributed by atoms with van der Waals surface area (Å²) in [7, 11) is 2.16. The summed E-state index contributed by atoms with van der Waals surface area (Å²) in [5, 5.41) is 3.36. The Morgan fingerprint density at radius 3 is 2.21 bits per heavy atom. The molecule has 0 fully saturated rings. The Balaban J connectivity index is 1.35. The summed E-state index contributed by atoms with van der Waals surface area (Å²) in [6.45, 7) is 2.34. The highest BCUT2D eigenvalue weighted by atomic mass is 35.5. The summed E-state index contributed by atoms with van der Waals surface area (Å²) in [6.07, 6.45) is 0. The van der Waals surface area contributed by atoms with Crippen LogP contribution >= 0.6 is 11.6 Å². The van der Waals surface area contributed by atoms with Gasteiger partial charge in [0, 0.05) is 18.1 Å². The van der Waals surface area contributed by atoms with Gasteiger partial charge in [-0.1, -0.05) is 78.3 Å². The van der Waals surface area contributed by atoms with Gasteiger partial charge in [-0.2, -0.15) is 0 Å². The van der Waals surface area contributed by atoms with Gasteiger partial charge in [-0.05, 0) is 58.8 Å². The van der Waals surface area contributed by atoms with Crippen LogP contribution < -0.4 is 4.74 Å². The smallest absolute Gasteiger partial charge is 0.119 e. The molecule has 0 radical (unpaired) electrons. The van der Waals surface area contributed by atoms with Gasteiger partial charge in [-0.3, -0.25) is 4.90 Å². The van der Waals surface area contributed by atoms with E-state index in [-0.39, 0.29) is 0 Å². The Hall–Kier alpha value is -2.81. The van der Waals surface area contributed by atoms with Gasteiger partial charge in [0.2, 0.25) is 0 Å². The van der Waals surface area contributed by atoms with Crippen molar-refractivity contribution in [3.8, 4) is 5.75 Å². The molecule has 0 aliphatic carbocycles. The number of halogens is 1. The summed E-state index contributed by atoms with van der Waals surface area (Å²) in [5.41, 5.74) is 3.73. The van der Waals surface area contributed by atoms with Crippen LogP contribution in [0.2, 0.25) is 5.02 Å². The largest absolute Gasteiger partial charge is 0.489 e. The Labute approximate surface area is 177 Å². The molecule has 0 amide bonds. The highest BCUT2D eigenvalue weighted by Gasteiger charge is 2.06. The third-order valence-electron chi connectivity index (χ3n) is 5.01. The number of benzene rings is 4. The van der Waals surface area contributed by atoms with Gasteiger partial charge >= 0.3 is 0 Å². The van der Waals surface area contributed by atoms with E-state index in [0.717, 1.165) is 29.4 Å². The minimum atomic E-state index is 0.539. The topological polar surface area (TPSA) is 12.5 Å². The highest BCUT2D eigenvalue weighted by molar-refractivity contribution is 6.30. The second-order valence-electron chi connectivity index (χ2n) is 7.37. The van der Waals surface area contributed by atoms with Crippen molar-refractivity contribution < 1.29 is 4.74 Å². The molecule has 2 nitrogen and oxygen atoms in total. The zero-order valence-corrected chi connectivity index (χ0v) is 17.3. The van der Waals surface area contributed by atoms with Crippen LogP contribution in [-0.2, 0) is 19.7 Å². The Morgan fingerprint density at radius 2 is 1.41 bits per heavy atom. The first-order valence-electron chi connectivity index (χ1n) is 9.79. The van der Waals surface area contributed by atoms with Crippen LogP contribution in [0.4, 0.5) is 0 Å². The van der Waals surface area contributed by atoms with E-state index in [0.29, 0.717) is 6.61 Å². The van der Waals surface area contributed by atoms with Gasteiger partial charge in [-0.25, -0.2) is 0 Å². The molecule has 0 saturated heterocycles. The Kier molecular flexibility index (Phi) is 6.14. The molecule has 0 N–H and O–H groups in total. The van der Waals surface area contributed by atoms with Crippen LogP contribution in [0, 0.1) is 0 Å². The average Bonchev–Trinajstić information content (AvgIpc) is 2.75. The second-order valence-corrected chi connectivity index (χ2v) is 7.81. The third kappa shape index (κ3) is 5.17. The molecule has 0 aliphatic heterocycles. The van der Waals surface area contributed by atoms with Gasteiger partial charge in [0.25, 0.3) is 0 Å². The number of hydrogen-bond donors (Lipinski definition) is 0. The maximum absolute atomic E-state index is 5.92. The normalized spacial score (nSPS) is 11.1. The van der Waals surface area contributed by atoms with E-state index < -0.39 is 0 Å². The lowest BCUT2D eigenvalue weighted by Gasteiger charge is -2.18. The van der Waals surface area contributed by atoms with Crippen molar-refractivity contribution in [2.24, 2.45) is 0 Å². The molecule has 0 aliphatic rings. The first kappa shape index (κ1) is 19.5. The third-order valence-corrected chi connectivity index (χ3v) is 5.27. The molecule has 0 unspecified atom stereocenters. The summed E-state index contributed by atoms with van der Waals surface area (Å²) in [4.78, 5) is 2.34. The lowest BCUT2D eigenvalue weighted by Crippen LogP contribution is -2.17. The molecule has 0 spiro atoms. The fraction of sp³-hybridized carbons (Fsp3) is 0.154. The van der Waals surface area contributed by atoms with Crippen molar-refractivity contribution in [2.75, 3.05) is 7.05 Å². The molecular weight excluding hydrogens is 378 g/mol. The summed E-state index contributed by atoms with van der Waals surface area (Å²) >= 11 is 5.92. The summed E-state index contributed by atoms with van der Waals surface area (Å²) in [6, 6.07) is 31.2. The van der Waals surface area contributed by atoms with Crippen LogP contribution in [0.3, 0.4) is 0 Å². The van der Waals surface area contributed by atoms with E-state index in [4.69, 9.17) is 16.3 Å². The molecule has 146 valence electrons. The molecule has 4 aromatic carbocycles. The zero-order valence-electron chi connectivity index (χ0n) is 16.5. The van der Waals surface area contributed by atoms with Crippen LogP contribution in [0.5, 0.6) is 5.75 Å². The fourth-order valence-corrected chi connectivity index (χ4v) is 3.65. The maximum atomic E-state index is 5.92. The summed E-state index contributed by atoms with van der Waals surface area (Å²) in [5.74, 6) is 0.875. The molecule has 0 aromatic heterocycles. The van der Waals surface area contributed by atoms with Crippen LogP contribution in [0.15, 0.2) is 91.0 Å². The van der Waals surface area contributed by atoms with Crippen molar-refractivity contribution in [3.63, 3.8) is 0 Å². The van der Waals surface area contributed by atoms with Crippen molar-refractivity contribution in [3.05, 3.63) is 113 Å². The molecule has 0 bridgehead atoms. The van der Waals surface area contributed by atoms with Crippen LogP contribution in [0.25, 0.3) is 10.8 Å². The van der Waals surface area contributed by atoms with Crippen LogP contribution in [-0.4, -0.2) is 11.9 Å². The molecule has 4 aromatic rings. The van der Waals surface area contributed by atoms with E-state index in [9.17, 15) is 0 Å². The van der Waals surface area contributed by atoms with Gasteiger partial charge in [-0.15, -0.1) is 0 Å². The molecule has 0 heterocycles. The first-order valence-corrected chi connectivity index (χ1v) is 10.2. The minimum Gasteiger partial charge on any atom is -0.489 e. The van der Waals surface area contributed by atoms with Gasteiger partial charge in [0.15, 0.2) is 0 Å². The SMILES string of the molecule is CN(Cc1ccc(OCc2ccc(Cl)cc2)cc1)Cc1cccc2ccccc12. The predicted octanol–water partition coefficient (Wildman–Crippen LogP) is 6.70. The van der Waals surface area contributed by atoms with E-state index in [1.807, 2.05) is 36.4 Å². The minimum absolute atomic E-state index is 0.539.